The standard InChI is InChI=1S/C14H22N2O3S/c1-11(2)9-15-14(17)10-16(20(4,18)19)13-7-5-12(3)6-8-13/h5-8,11H,9-10H2,1-4H3,(H,15,17). The van der Waals surface area contributed by atoms with E-state index in [1.54, 1.807) is 12.1 Å². The molecule has 0 spiro atoms. The summed E-state index contributed by atoms with van der Waals surface area (Å²) < 4.78 is 24.8. The topological polar surface area (TPSA) is 66.5 Å². The summed E-state index contributed by atoms with van der Waals surface area (Å²) in [7, 11) is -3.49. The molecule has 0 atom stereocenters. The Bertz CT molecular complexity index is 550. The number of aryl methyl sites for hydroxylation is 1. The molecule has 0 aliphatic heterocycles. The Kier molecular flexibility index (Phi) is 5.56. The van der Waals surface area contributed by atoms with E-state index in [1.807, 2.05) is 32.9 Å². The van der Waals surface area contributed by atoms with Gasteiger partial charge < -0.3 is 5.32 Å². The van der Waals surface area contributed by atoms with Gasteiger partial charge in [0.15, 0.2) is 0 Å². The molecule has 112 valence electrons. The maximum Gasteiger partial charge on any atom is 0.240 e. The van der Waals surface area contributed by atoms with Crippen LogP contribution in [0.5, 0.6) is 0 Å². The Balaban J connectivity index is 2.87. The van der Waals surface area contributed by atoms with Crippen molar-refractivity contribution in [1.82, 2.24) is 5.32 Å². The van der Waals surface area contributed by atoms with Crippen LogP contribution < -0.4 is 9.62 Å². The Morgan fingerprint density at radius 2 is 1.80 bits per heavy atom. The van der Waals surface area contributed by atoms with Gasteiger partial charge in [-0.05, 0) is 25.0 Å². The van der Waals surface area contributed by atoms with Crippen molar-refractivity contribution < 1.29 is 13.2 Å². The third-order valence-electron chi connectivity index (χ3n) is 2.72. The first-order chi connectivity index (χ1) is 9.20. The maximum atomic E-state index is 11.8. The molecule has 1 rings (SSSR count). The average Bonchev–Trinajstić information content (AvgIpc) is 2.33. The van der Waals surface area contributed by atoms with E-state index in [-0.39, 0.29) is 12.5 Å². The second-order valence-electron chi connectivity index (χ2n) is 5.30. The molecule has 0 bridgehead atoms. The third kappa shape index (κ3) is 5.21. The lowest BCUT2D eigenvalue weighted by atomic mass is 10.2. The Labute approximate surface area is 121 Å². The Morgan fingerprint density at radius 3 is 2.25 bits per heavy atom. The number of benzene rings is 1. The predicted octanol–water partition coefficient (Wildman–Crippen LogP) is 1.53. The summed E-state index contributed by atoms with van der Waals surface area (Å²) in [6, 6.07) is 7.04. The second-order valence-corrected chi connectivity index (χ2v) is 7.21. The van der Waals surface area contributed by atoms with E-state index in [1.165, 1.54) is 0 Å². The van der Waals surface area contributed by atoms with E-state index in [4.69, 9.17) is 0 Å². The molecule has 1 amide bonds. The van der Waals surface area contributed by atoms with Gasteiger partial charge in [0.1, 0.15) is 6.54 Å². The van der Waals surface area contributed by atoms with E-state index in [2.05, 4.69) is 5.32 Å². The van der Waals surface area contributed by atoms with Gasteiger partial charge in [-0.1, -0.05) is 31.5 Å². The molecule has 20 heavy (non-hydrogen) atoms. The van der Waals surface area contributed by atoms with Gasteiger partial charge in [-0.2, -0.15) is 0 Å². The average molecular weight is 298 g/mol. The summed E-state index contributed by atoms with van der Waals surface area (Å²) in [6.07, 6.45) is 1.10. The number of hydrogen-bond acceptors (Lipinski definition) is 3. The van der Waals surface area contributed by atoms with Crippen LogP contribution in [0, 0.1) is 12.8 Å². The van der Waals surface area contributed by atoms with Gasteiger partial charge in [0.2, 0.25) is 15.9 Å². The number of hydrogen-bond donors (Lipinski definition) is 1. The van der Waals surface area contributed by atoms with Gasteiger partial charge >= 0.3 is 0 Å². The number of carbonyl (C=O) groups excluding carboxylic acids is 1. The first-order valence-electron chi connectivity index (χ1n) is 6.51. The highest BCUT2D eigenvalue weighted by Crippen LogP contribution is 2.17. The smallest absolute Gasteiger partial charge is 0.240 e. The molecule has 1 aromatic rings. The predicted molar refractivity (Wildman–Crippen MR) is 81.2 cm³/mol. The van der Waals surface area contributed by atoms with E-state index < -0.39 is 10.0 Å². The summed E-state index contributed by atoms with van der Waals surface area (Å²) in [5.41, 5.74) is 1.53. The van der Waals surface area contributed by atoms with Crippen LogP contribution in [0.3, 0.4) is 0 Å². The SMILES string of the molecule is Cc1ccc(N(CC(=O)NCC(C)C)S(C)(=O)=O)cc1. The van der Waals surface area contributed by atoms with Crippen LogP contribution >= 0.6 is 0 Å². The van der Waals surface area contributed by atoms with Crippen molar-refractivity contribution >= 4 is 21.6 Å². The Hall–Kier alpha value is -1.56. The molecule has 1 aromatic carbocycles. The van der Waals surface area contributed by atoms with Crippen LogP contribution in [0.15, 0.2) is 24.3 Å². The minimum atomic E-state index is -3.49. The molecule has 0 heterocycles. The lowest BCUT2D eigenvalue weighted by Gasteiger charge is -2.22. The van der Waals surface area contributed by atoms with E-state index in [0.29, 0.717) is 18.2 Å². The molecule has 0 saturated heterocycles. The van der Waals surface area contributed by atoms with Gasteiger partial charge in [-0.25, -0.2) is 8.42 Å². The number of carbonyl (C=O) groups is 1. The number of nitrogens with one attached hydrogen (secondary N) is 1. The highest BCUT2D eigenvalue weighted by molar-refractivity contribution is 7.92. The number of amides is 1. The first kappa shape index (κ1) is 16.5. The quantitative estimate of drug-likeness (QED) is 0.866. The largest absolute Gasteiger partial charge is 0.354 e. The number of nitrogens with zero attached hydrogens (tertiary/aromatic N) is 1. The summed E-state index contributed by atoms with van der Waals surface area (Å²) in [5, 5.41) is 2.72. The van der Waals surface area contributed by atoms with E-state index in [9.17, 15) is 13.2 Å². The number of rotatable bonds is 6. The zero-order chi connectivity index (χ0) is 15.3. The minimum absolute atomic E-state index is 0.200. The number of anilines is 1. The second kappa shape index (κ2) is 6.74. The van der Waals surface area contributed by atoms with Crippen molar-refractivity contribution in [3.05, 3.63) is 29.8 Å². The van der Waals surface area contributed by atoms with Crippen molar-refractivity contribution in [2.24, 2.45) is 5.92 Å². The molecule has 0 saturated carbocycles. The molecular formula is C14H22N2O3S. The van der Waals surface area contributed by atoms with Crippen molar-refractivity contribution in [3.8, 4) is 0 Å². The molecule has 0 aliphatic rings. The highest BCUT2D eigenvalue weighted by Gasteiger charge is 2.20. The molecule has 5 nitrogen and oxygen atoms in total. The van der Waals surface area contributed by atoms with Crippen LogP contribution in [0.25, 0.3) is 0 Å². The van der Waals surface area contributed by atoms with Gasteiger partial charge in [0, 0.05) is 6.54 Å². The summed E-state index contributed by atoms with van der Waals surface area (Å²) in [6.45, 7) is 6.21. The Morgan fingerprint density at radius 1 is 1.25 bits per heavy atom. The van der Waals surface area contributed by atoms with E-state index in [0.717, 1.165) is 16.1 Å². The van der Waals surface area contributed by atoms with Gasteiger partial charge in [-0.3, -0.25) is 9.10 Å². The summed E-state index contributed by atoms with van der Waals surface area (Å²) in [5.74, 6) is 0.0229. The molecule has 0 fully saturated rings. The molecule has 0 unspecified atom stereocenters. The summed E-state index contributed by atoms with van der Waals surface area (Å²) in [4.78, 5) is 11.8. The van der Waals surface area contributed by atoms with Crippen molar-refractivity contribution in [2.45, 2.75) is 20.8 Å². The van der Waals surface area contributed by atoms with Crippen molar-refractivity contribution in [3.63, 3.8) is 0 Å². The first-order valence-corrected chi connectivity index (χ1v) is 8.36. The normalized spacial score (nSPS) is 11.4. The van der Waals surface area contributed by atoms with Crippen LogP contribution in [-0.4, -0.2) is 33.7 Å². The van der Waals surface area contributed by atoms with Crippen molar-refractivity contribution in [2.75, 3.05) is 23.7 Å². The molecule has 6 heteroatoms. The molecular weight excluding hydrogens is 276 g/mol. The maximum absolute atomic E-state index is 11.8. The van der Waals surface area contributed by atoms with Gasteiger partial charge in [0.05, 0.1) is 11.9 Å². The van der Waals surface area contributed by atoms with Crippen LogP contribution in [0.2, 0.25) is 0 Å². The molecule has 0 radical (unpaired) electrons. The third-order valence-corrected chi connectivity index (χ3v) is 3.86. The summed E-state index contributed by atoms with van der Waals surface area (Å²) >= 11 is 0. The van der Waals surface area contributed by atoms with Crippen molar-refractivity contribution in [1.29, 1.82) is 0 Å². The van der Waals surface area contributed by atoms with Gasteiger partial charge in [0.25, 0.3) is 0 Å². The fourth-order valence-electron chi connectivity index (χ4n) is 1.62. The highest BCUT2D eigenvalue weighted by atomic mass is 32.2. The van der Waals surface area contributed by atoms with Crippen LogP contribution in [0.4, 0.5) is 5.69 Å². The van der Waals surface area contributed by atoms with Crippen LogP contribution in [0.1, 0.15) is 19.4 Å². The van der Waals surface area contributed by atoms with Gasteiger partial charge in [-0.15, -0.1) is 0 Å². The molecule has 0 aromatic heterocycles. The zero-order valence-electron chi connectivity index (χ0n) is 12.4. The monoisotopic (exact) mass is 298 g/mol. The fourth-order valence-corrected chi connectivity index (χ4v) is 2.47. The molecule has 0 aliphatic carbocycles. The zero-order valence-corrected chi connectivity index (χ0v) is 13.2. The minimum Gasteiger partial charge on any atom is -0.354 e. The molecule has 1 N–H and O–H groups in total. The lowest BCUT2D eigenvalue weighted by molar-refractivity contribution is -0.119. The number of sulfonamides is 1. The fraction of sp³-hybridized carbons (Fsp3) is 0.500. The van der Waals surface area contributed by atoms with Crippen LogP contribution in [-0.2, 0) is 14.8 Å². The van der Waals surface area contributed by atoms with E-state index >= 15 is 0 Å². The lowest BCUT2D eigenvalue weighted by Crippen LogP contribution is -2.41.